The highest BCUT2D eigenvalue weighted by Gasteiger charge is 2.12. The van der Waals surface area contributed by atoms with E-state index < -0.39 is 18.5 Å². The van der Waals surface area contributed by atoms with Crippen LogP contribution in [-0.2, 0) is 14.3 Å². The Labute approximate surface area is 166 Å². The number of aryl methyl sites for hydroxylation is 1. The zero-order valence-electron chi connectivity index (χ0n) is 15.6. The van der Waals surface area contributed by atoms with E-state index in [-0.39, 0.29) is 6.61 Å². The molecular formula is C20H20N2O5S. The molecule has 28 heavy (non-hydrogen) atoms. The standard InChI is InChI=1S/C20H20N2O5S/c1-3-25-15-7-8-16-17(10-15)28-20(21-16)22-18(23)11-27-19(24)12-26-14-6-4-5-13(2)9-14/h4-10H,3,11-12H2,1-2H3,(H,21,22,23). The lowest BCUT2D eigenvalue weighted by Crippen LogP contribution is -2.23. The van der Waals surface area contributed by atoms with Gasteiger partial charge in [-0.1, -0.05) is 23.5 Å². The zero-order valence-corrected chi connectivity index (χ0v) is 16.4. The highest BCUT2D eigenvalue weighted by Crippen LogP contribution is 2.29. The lowest BCUT2D eigenvalue weighted by molar-refractivity contribution is -0.149. The number of anilines is 1. The number of fused-ring (bicyclic) bond motifs is 1. The predicted octanol–water partition coefficient (Wildman–Crippen LogP) is 3.56. The second kappa shape index (κ2) is 9.18. The largest absolute Gasteiger partial charge is 0.494 e. The number of esters is 1. The average molecular weight is 400 g/mol. The van der Waals surface area contributed by atoms with E-state index in [9.17, 15) is 9.59 Å². The van der Waals surface area contributed by atoms with Gasteiger partial charge in [-0.2, -0.15) is 0 Å². The van der Waals surface area contributed by atoms with Gasteiger partial charge >= 0.3 is 5.97 Å². The van der Waals surface area contributed by atoms with Gasteiger partial charge in [-0.3, -0.25) is 10.1 Å². The molecule has 0 radical (unpaired) electrons. The van der Waals surface area contributed by atoms with Crippen LogP contribution in [0.5, 0.6) is 11.5 Å². The smallest absolute Gasteiger partial charge is 0.344 e. The lowest BCUT2D eigenvalue weighted by Gasteiger charge is -2.07. The van der Waals surface area contributed by atoms with Gasteiger partial charge in [0.25, 0.3) is 5.91 Å². The zero-order chi connectivity index (χ0) is 19.9. The van der Waals surface area contributed by atoms with Crippen LogP contribution in [0.2, 0.25) is 0 Å². The van der Waals surface area contributed by atoms with Gasteiger partial charge in [0.2, 0.25) is 0 Å². The lowest BCUT2D eigenvalue weighted by atomic mass is 10.2. The molecule has 0 aliphatic carbocycles. The van der Waals surface area contributed by atoms with Gasteiger partial charge in [-0.25, -0.2) is 9.78 Å². The Kier molecular flexibility index (Phi) is 6.44. The molecule has 0 unspecified atom stereocenters. The molecular weight excluding hydrogens is 380 g/mol. The molecule has 0 saturated heterocycles. The normalized spacial score (nSPS) is 10.5. The molecule has 0 spiro atoms. The first kappa shape index (κ1) is 19.6. The van der Waals surface area contributed by atoms with Crippen LogP contribution in [0.25, 0.3) is 10.2 Å². The molecule has 0 fully saturated rings. The maximum Gasteiger partial charge on any atom is 0.344 e. The third-order valence-electron chi connectivity index (χ3n) is 3.63. The van der Waals surface area contributed by atoms with Crippen molar-refractivity contribution in [3.05, 3.63) is 48.0 Å². The monoisotopic (exact) mass is 400 g/mol. The van der Waals surface area contributed by atoms with Crippen molar-refractivity contribution in [3.8, 4) is 11.5 Å². The van der Waals surface area contributed by atoms with Gasteiger partial charge < -0.3 is 14.2 Å². The fraction of sp³-hybridized carbons (Fsp3) is 0.250. The molecule has 1 N–H and O–H groups in total. The van der Waals surface area contributed by atoms with E-state index in [2.05, 4.69) is 10.3 Å². The second-order valence-electron chi connectivity index (χ2n) is 5.90. The number of nitrogens with one attached hydrogen (secondary N) is 1. The molecule has 7 nitrogen and oxygen atoms in total. The first-order chi connectivity index (χ1) is 13.5. The fourth-order valence-electron chi connectivity index (χ4n) is 2.41. The minimum Gasteiger partial charge on any atom is -0.494 e. The molecule has 3 rings (SSSR count). The number of rotatable bonds is 8. The van der Waals surface area contributed by atoms with E-state index in [0.29, 0.717) is 17.5 Å². The number of aromatic nitrogens is 1. The van der Waals surface area contributed by atoms with E-state index in [0.717, 1.165) is 21.5 Å². The van der Waals surface area contributed by atoms with Gasteiger partial charge in [-0.15, -0.1) is 0 Å². The van der Waals surface area contributed by atoms with E-state index in [1.54, 1.807) is 6.07 Å². The Hall–Kier alpha value is -3.13. The van der Waals surface area contributed by atoms with E-state index >= 15 is 0 Å². The van der Waals surface area contributed by atoms with Crippen LogP contribution in [0, 0.1) is 6.92 Å². The van der Waals surface area contributed by atoms with Gasteiger partial charge in [0.15, 0.2) is 18.3 Å². The van der Waals surface area contributed by atoms with Crippen molar-refractivity contribution in [2.45, 2.75) is 13.8 Å². The summed E-state index contributed by atoms with van der Waals surface area (Å²) >= 11 is 1.32. The minimum atomic E-state index is -0.623. The first-order valence-corrected chi connectivity index (χ1v) is 9.53. The number of ether oxygens (including phenoxy) is 3. The van der Waals surface area contributed by atoms with Crippen molar-refractivity contribution in [1.29, 1.82) is 0 Å². The Morgan fingerprint density at radius 3 is 2.68 bits per heavy atom. The third-order valence-corrected chi connectivity index (χ3v) is 4.56. The fourth-order valence-corrected chi connectivity index (χ4v) is 3.32. The quantitative estimate of drug-likeness (QED) is 0.582. The maximum absolute atomic E-state index is 12.0. The van der Waals surface area contributed by atoms with Crippen molar-refractivity contribution in [2.24, 2.45) is 0 Å². The summed E-state index contributed by atoms with van der Waals surface area (Å²) in [5.41, 5.74) is 1.78. The molecule has 0 aliphatic rings. The summed E-state index contributed by atoms with van der Waals surface area (Å²) in [5.74, 6) is 0.233. The van der Waals surface area contributed by atoms with Gasteiger partial charge in [-0.05, 0) is 49.7 Å². The summed E-state index contributed by atoms with van der Waals surface area (Å²) in [6.07, 6.45) is 0. The first-order valence-electron chi connectivity index (χ1n) is 8.72. The summed E-state index contributed by atoms with van der Waals surface area (Å²) < 4.78 is 16.6. The summed E-state index contributed by atoms with van der Waals surface area (Å²) in [6.45, 7) is 3.74. The van der Waals surface area contributed by atoms with E-state index in [1.807, 2.05) is 50.2 Å². The average Bonchev–Trinajstić information content (AvgIpc) is 3.06. The Balaban J connectivity index is 1.47. The summed E-state index contributed by atoms with van der Waals surface area (Å²) in [6, 6.07) is 12.8. The minimum absolute atomic E-state index is 0.266. The molecule has 0 aliphatic heterocycles. The highest BCUT2D eigenvalue weighted by atomic mass is 32.1. The van der Waals surface area contributed by atoms with Crippen LogP contribution >= 0.6 is 11.3 Å². The summed E-state index contributed by atoms with van der Waals surface area (Å²) in [5, 5.41) is 3.06. The number of carbonyl (C=O) groups excluding carboxylic acids is 2. The van der Waals surface area contributed by atoms with Crippen LogP contribution < -0.4 is 14.8 Å². The highest BCUT2D eigenvalue weighted by molar-refractivity contribution is 7.22. The molecule has 0 atom stereocenters. The van der Waals surface area contributed by atoms with Crippen LogP contribution in [-0.4, -0.2) is 36.7 Å². The molecule has 0 saturated carbocycles. The number of hydrogen-bond acceptors (Lipinski definition) is 7. The molecule has 1 aromatic heterocycles. The van der Waals surface area contributed by atoms with Crippen molar-refractivity contribution < 1.29 is 23.8 Å². The summed E-state index contributed by atoms with van der Waals surface area (Å²) in [7, 11) is 0. The molecule has 146 valence electrons. The Bertz CT molecular complexity index is 986. The van der Waals surface area contributed by atoms with Crippen molar-refractivity contribution in [3.63, 3.8) is 0 Å². The Morgan fingerprint density at radius 1 is 1.07 bits per heavy atom. The van der Waals surface area contributed by atoms with Crippen molar-refractivity contribution in [2.75, 3.05) is 25.1 Å². The van der Waals surface area contributed by atoms with Gasteiger partial charge in [0.05, 0.1) is 16.8 Å². The Morgan fingerprint density at radius 2 is 1.89 bits per heavy atom. The SMILES string of the molecule is CCOc1ccc2nc(NC(=O)COC(=O)COc3cccc(C)c3)sc2c1. The molecule has 8 heteroatoms. The van der Waals surface area contributed by atoms with Gasteiger partial charge in [0, 0.05) is 0 Å². The topological polar surface area (TPSA) is 86.8 Å². The number of amides is 1. The number of carbonyl (C=O) groups is 2. The molecule has 3 aromatic rings. The van der Waals surface area contributed by atoms with Crippen molar-refractivity contribution >= 4 is 38.6 Å². The predicted molar refractivity (Wildman–Crippen MR) is 107 cm³/mol. The molecule has 1 amide bonds. The number of benzene rings is 2. The summed E-state index contributed by atoms with van der Waals surface area (Å²) in [4.78, 5) is 28.1. The maximum atomic E-state index is 12.0. The molecule has 1 heterocycles. The number of thiazole rings is 1. The third kappa shape index (κ3) is 5.43. The molecule has 2 aromatic carbocycles. The second-order valence-corrected chi connectivity index (χ2v) is 6.93. The number of hydrogen-bond donors (Lipinski definition) is 1. The van der Waals surface area contributed by atoms with Crippen LogP contribution in [0.4, 0.5) is 5.13 Å². The molecule has 0 bridgehead atoms. The van der Waals surface area contributed by atoms with Crippen molar-refractivity contribution in [1.82, 2.24) is 4.98 Å². The van der Waals surface area contributed by atoms with Crippen LogP contribution in [0.15, 0.2) is 42.5 Å². The number of nitrogens with zero attached hydrogens (tertiary/aromatic N) is 1. The van der Waals surface area contributed by atoms with E-state index in [1.165, 1.54) is 11.3 Å². The van der Waals surface area contributed by atoms with E-state index in [4.69, 9.17) is 14.2 Å². The van der Waals surface area contributed by atoms with Crippen LogP contribution in [0.1, 0.15) is 12.5 Å². The van der Waals surface area contributed by atoms with Crippen LogP contribution in [0.3, 0.4) is 0 Å². The van der Waals surface area contributed by atoms with Gasteiger partial charge in [0.1, 0.15) is 11.5 Å².